The van der Waals surface area contributed by atoms with Crippen molar-refractivity contribution in [2.75, 3.05) is 4.90 Å². The number of nitrogens with one attached hydrogen (secondary N) is 1. The third-order valence-electron chi connectivity index (χ3n) is 3.75. The fraction of sp³-hybridized carbons (Fsp3) is 0.167. The Balaban J connectivity index is 1.96. The van der Waals surface area contributed by atoms with Crippen molar-refractivity contribution < 1.29 is 14.4 Å². The molecule has 6 heteroatoms. The summed E-state index contributed by atoms with van der Waals surface area (Å²) in [4.78, 5) is 38.6. The fourth-order valence-corrected chi connectivity index (χ4v) is 3.07. The lowest BCUT2D eigenvalue weighted by Gasteiger charge is -2.26. The maximum Gasteiger partial charge on any atom is 0.335 e. The smallest absolute Gasteiger partial charge is 0.273 e. The molecule has 0 aliphatic carbocycles. The van der Waals surface area contributed by atoms with Crippen LogP contribution in [0.15, 0.2) is 47.4 Å². The molecule has 1 aromatic carbocycles. The molecule has 0 radical (unpaired) electrons. The quantitative estimate of drug-likeness (QED) is 0.686. The molecule has 0 saturated carbocycles. The summed E-state index contributed by atoms with van der Waals surface area (Å²) in [5.74, 6) is -0.941. The zero-order valence-electron chi connectivity index (χ0n) is 13.3. The number of amides is 4. The Morgan fingerprint density at radius 3 is 2.38 bits per heavy atom. The van der Waals surface area contributed by atoms with Crippen LogP contribution in [-0.2, 0) is 9.59 Å². The SMILES string of the molecule is CC(C)c1ccc(N2C(=O)NC(=O)/C(=C\c3cccs3)C2=O)cc1. The molecule has 1 N–H and O–H groups in total. The predicted octanol–water partition coefficient (Wildman–Crippen LogP) is 3.54. The van der Waals surface area contributed by atoms with Gasteiger partial charge in [0.15, 0.2) is 0 Å². The molecule has 122 valence electrons. The summed E-state index contributed by atoms with van der Waals surface area (Å²) in [6, 6.07) is 10.1. The number of carbonyl (C=O) groups excluding carboxylic acids is 3. The van der Waals surface area contributed by atoms with Gasteiger partial charge in [-0.25, -0.2) is 9.69 Å². The highest BCUT2D eigenvalue weighted by Crippen LogP contribution is 2.25. The summed E-state index contributed by atoms with van der Waals surface area (Å²) >= 11 is 1.41. The van der Waals surface area contributed by atoms with Crippen LogP contribution >= 0.6 is 11.3 Å². The van der Waals surface area contributed by atoms with Gasteiger partial charge in [-0.2, -0.15) is 0 Å². The Hall–Kier alpha value is -2.73. The minimum absolute atomic E-state index is 0.0509. The predicted molar refractivity (Wildman–Crippen MR) is 93.9 cm³/mol. The topological polar surface area (TPSA) is 66.5 Å². The van der Waals surface area contributed by atoms with Gasteiger partial charge < -0.3 is 0 Å². The molecule has 3 rings (SSSR count). The molecule has 0 spiro atoms. The van der Waals surface area contributed by atoms with E-state index in [1.165, 1.54) is 17.4 Å². The second-order valence-electron chi connectivity index (χ2n) is 5.72. The molecule has 1 aromatic heterocycles. The van der Waals surface area contributed by atoms with E-state index in [2.05, 4.69) is 19.2 Å². The lowest BCUT2D eigenvalue weighted by atomic mass is 10.0. The van der Waals surface area contributed by atoms with Crippen molar-refractivity contribution in [1.82, 2.24) is 5.32 Å². The molecule has 2 aromatic rings. The van der Waals surface area contributed by atoms with Gasteiger partial charge in [-0.1, -0.05) is 32.0 Å². The van der Waals surface area contributed by atoms with Gasteiger partial charge in [-0.3, -0.25) is 14.9 Å². The second kappa shape index (κ2) is 6.41. The van der Waals surface area contributed by atoms with Crippen molar-refractivity contribution in [3.63, 3.8) is 0 Å². The number of benzene rings is 1. The zero-order chi connectivity index (χ0) is 17.3. The van der Waals surface area contributed by atoms with Crippen LogP contribution in [0.2, 0.25) is 0 Å². The number of urea groups is 1. The molecule has 0 unspecified atom stereocenters. The minimum atomic E-state index is -0.731. The third-order valence-corrected chi connectivity index (χ3v) is 4.57. The summed E-state index contributed by atoms with van der Waals surface area (Å²) < 4.78 is 0. The number of imide groups is 2. The molecule has 2 heterocycles. The van der Waals surface area contributed by atoms with Crippen LogP contribution in [0.1, 0.15) is 30.2 Å². The third kappa shape index (κ3) is 3.00. The van der Waals surface area contributed by atoms with Crippen LogP contribution in [0, 0.1) is 0 Å². The fourth-order valence-electron chi connectivity index (χ4n) is 2.42. The normalized spacial score (nSPS) is 16.9. The molecule has 5 nitrogen and oxygen atoms in total. The van der Waals surface area contributed by atoms with E-state index in [0.717, 1.165) is 15.3 Å². The summed E-state index contributed by atoms with van der Waals surface area (Å²) in [7, 11) is 0. The van der Waals surface area contributed by atoms with Gasteiger partial charge in [0.2, 0.25) is 0 Å². The number of barbiturate groups is 1. The lowest BCUT2D eigenvalue weighted by molar-refractivity contribution is -0.122. The van der Waals surface area contributed by atoms with Gasteiger partial charge in [0.05, 0.1) is 5.69 Å². The lowest BCUT2D eigenvalue weighted by Crippen LogP contribution is -2.54. The van der Waals surface area contributed by atoms with Gasteiger partial charge in [-0.15, -0.1) is 11.3 Å². The van der Waals surface area contributed by atoms with E-state index in [1.54, 1.807) is 18.2 Å². The summed E-state index contributed by atoms with van der Waals surface area (Å²) in [5, 5.41) is 4.07. The van der Waals surface area contributed by atoms with E-state index >= 15 is 0 Å². The highest BCUT2D eigenvalue weighted by Gasteiger charge is 2.36. The molecule has 1 aliphatic rings. The first kappa shape index (κ1) is 16.1. The number of nitrogens with zero attached hydrogens (tertiary/aromatic N) is 1. The van der Waals surface area contributed by atoms with Crippen molar-refractivity contribution in [2.45, 2.75) is 19.8 Å². The Kier molecular flexibility index (Phi) is 4.31. The van der Waals surface area contributed by atoms with Crippen molar-refractivity contribution >= 4 is 40.9 Å². The number of anilines is 1. The highest BCUT2D eigenvalue weighted by atomic mass is 32.1. The van der Waals surface area contributed by atoms with Crippen molar-refractivity contribution in [1.29, 1.82) is 0 Å². The minimum Gasteiger partial charge on any atom is -0.273 e. The standard InChI is InChI=1S/C18H16N2O3S/c1-11(2)12-5-7-13(8-6-12)20-17(22)15(16(21)19-18(20)23)10-14-4-3-9-24-14/h3-11H,1-2H3,(H,19,21,23)/b15-10+. The molecule has 1 aliphatic heterocycles. The van der Waals surface area contributed by atoms with E-state index in [9.17, 15) is 14.4 Å². The molecular formula is C18H16N2O3S. The monoisotopic (exact) mass is 340 g/mol. The van der Waals surface area contributed by atoms with E-state index in [0.29, 0.717) is 11.6 Å². The maximum atomic E-state index is 12.7. The van der Waals surface area contributed by atoms with Crippen LogP contribution in [0.3, 0.4) is 0 Å². The number of hydrogen-bond acceptors (Lipinski definition) is 4. The molecule has 0 bridgehead atoms. The van der Waals surface area contributed by atoms with Crippen LogP contribution < -0.4 is 10.2 Å². The van der Waals surface area contributed by atoms with E-state index in [-0.39, 0.29) is 5.57 Å². The second-order valence-corrected chi connectivity index (χ2v) is 6.70. The average molecular weight is 340 g/mol. The number of rotatable bonds is 3. The Bertz CT molecular complexity index is 820. The van der Waals surface area contributed by atoms with Gasteiger partial charge in [-0.05, 0) is 41.1 Å². The van der Waals surface area contributed by atoms with Crippen molar-refractivity contribution in [2.24, 2.45) is 0 Å². The van der Waals surface area contributed by atoms with E-state index in [4.69, 9.17) is 0 Å². The molecule has 0 atom stereocenters. The van der Waals surface area contributed by atoms with Crippen LogP contribution in [0.25, 0.3) is 6.08 Å². The zero-order valence-corrected chi connectivity index (χ0v) is 14.1. The van der Waals surface area contributed by atoms with Crippen molar-refractivity contribution in [3.05, 3.63) is 57.8 Å². The number of carbonyl (C=O) groups is 3. The van der Waals surface area contributed by atoms with Crippen LogP contribution in [-0.4, -0.2) is 17.8 Å². The summed E-state index contributed by atoms with van der Waals surface area (Å²) in [6.45, 7) is 4.13. The average Bonchev–Trinajstić information content (AvgIpc) is 3.05. The van der Waals surface area contributed by atoms with Gasteiger partial charge in [0, 0.05) is 4.88 Å². The maximum absolute atomic E-state index is 12.7. The van der Waals surface area contributed by atoms with Crippen LogP contribution in [0.4, 0.5) is 10.5 Å². The van der Waals surface area contributed by atoms with E-state index < -0.39 is 17.8 Å². The first-order valence-electron chi connectivity index (χ1n) is 7.52. The van der Waals surface area contributed by atoms with Gasteiger partial charge >= 0.3 is 6.03 Å². The Morgan fingerprint density at radius 2 is 1.79 bits per heavy atom. The van der Waals surface area contributed by atoms with Gasteiger partial charge in [0.25, 0.3) is 11.8 Å². The van der Waals surface area contributed by atoms with Crippen LogP contribution in [0.5, 0.6) is 0 Å². The van der Waals surface area contributed by atoms with Gasteiger partial charge in [0.1, 0.15) is 5.57 Å². The summed E-state index contributed by atoms with van der Waals surface area (Å²) in [5.41, 5.74) is 1.49. The molecule has 1 saturated heterocycles. The Labute approximate surface area is 143 Å². The number of thiophene rings is 1. The number of hydrogen-bond donors (Lipinski definition) is 1. The Morgan fingerprint density at radius 1 is 1.08 bits per heavy atom. The molecule has 4 amide bonds. The summed E-state index contributed by atoms with van der Waals surface area (Å²) in [6.07, 6.45) is 1.50. The van der Waals surface area contributed by atoms with E-state index in [1.807, 2.05) is 23.6 Å². The highest BCUT2D eigenvalue weighted by molar-refractivity contribution is 7.10. The largest absolute Gasteiger partial charge is 0.335 e. The molecular weight excluding hydrogens is 324 g/mol. The first-order chi connectivity index (χ1) is 11.5. The first-order valence-corrected chi connectivity index (χ1v) is 8.40. The molecule has 1 fully saturated rings. The molecule has 24 heavy (non-hydrogen) atoms. The van der Waals surface area contributed by atoms with Crippen molar-refractivity contribution in [3.8, 4) is 0 Å².